The second-order valence-corrected chi connectivity index (χ2v) is 12.6. The van der Waals surface area contributed by atoms with Crippen LogP contribution in [0.1, 0.15) is 48.1 Å². The van der Waals surface area contributed by atoms with E-state index in [9.17, 15) is 30.8 Å². The largest absolute Gasteiger partial charge is 0.487 e. The molecule has 0 radical (unpaired) electrons. The van der Waals surface area contributed by atoms with Crippen molar-refractivity contribution in [2.75, 3.05) is 23.8 Å². The molecule has 1 amide bonds. The zero-order chi connectivity index (χ0) is 33.3. The molecule has 0 bridgehead atoms. The minimum Gasteiger partial charge on any atom is -0.487 e. The van der Waals surface area contributed by atoms with Crippen molar-refractivity contribution in [1.82, 2.24) is 10.3 Å². The number of nitrogens with zero attached hydrogens (tertiary/aromatic N) is 3. The van der Waals surface area contributed by atoms with E-state index in [0.29, 0.717) is 29.7 Å². The number of amides is 1. The van der Waals surface area contributed by atoms with Gasteiger partial charge in [0.15, 0.2) is 9.84 Å². The van der Waals surface area contributed by atoms with E-state index >= 15 is 0 Å². The molecule has 1 fully saturated rings. The number of sulfone groups is 1. The zero-order valence-corrected chi connectivity index (χ0v) is 25.5. The molecule has 246 valence electrons. The Morgan fingerprint density at radius 3 is 2.37 bits per heavy atom. The van der Waals surface area contributed by atoms with Gasteiger partial charge in [-0.15, -0.1) is 0 Å². The summed E-state index contributed by atoms with van der Waals surface area (Å²) in [5.41, 5.74) is 1.57. The lowest BCUT2D eigenvalue weighted by Gasteiger charge is -2.26. The quantitative estimate of drug-likeness (QED) is 0.209. The van der Waals surface area contributed by atoms with Crippen LogP contribution in [0.15, 0.2) is 71.8 Å². The average Bonchev–Trinajstić information content (AvgIpc) is 3.45. The molecule has 0 saturated carbocycles. The van der Waals surface area contributed by atoms with Crippen molar-refractivity contribution in [3.63, 3.8) is 0 Å². The van der Waals surface area contributed by atoms with Gasteiger partial charge >= 0.3 is 13.2 Å². The van der Waals surface area contributed by atoms with Crippen LogP contribution >= 0.6 is 0 Å². The van der Waals surface area contributed by atoms with Gasteiger partial charge in [0.05, 0.1) is 48.1 Å². The van der Waals surface area contributed by atoms with Crippen molar-refractivity contribution in [2.45, 2.75) is 62.5 Å². The number of alkyl halides is 4. The molecule has 1 N–H and O–H groups in total. The third-order valence-electron chi connectivity index (χ3n) is 7.35. The van der Waals surface area contributed by atoms with Crippen LogP contribution in [0.2, 0.25) is 0 Å². The van der Waals surface area contributed by atoms with Crippen LogP contribution in [0.4, 0.5) is 23.2 Å². The Bertz CT molecular complexity index is 1590. The lowest BCUT2D eigenvalue weighted by Crippen LogP contribution is -2.34. The predicted octanol–water partition coefficient (Wildman–Crippen LogP) is 5.52. The summed E-state index contributed by atoms with van der Waals surface area (Å²) in [7, 11) is -3.40. The molecule has 0 spiro atoms. The van der Waals surface area contributed by atoms with Crippen LogP contribution in [-0.4, -0.2) is 63.6 Å². The first-order valence-electron chi connectivity index (χ1n) is 14.3. The number of ether oxygens (including phenoxy) is 3. The molecule has 3 aromatic rings. The molecule has 3 atom stereocenters. The van der Waals surface area contributed by atoms with Gasteiger partial charge in [0.2, 0.25) is 5.88 Å². The minimum absolute atomic E-state index is 0.0469. The van der Waals surface area contributed by atoms with E-state index in [0.717, 1.165) is 0 Å². The number of anilines is 1. The Morgan fingerprint density at radius 1 is 1.07 bits per heavy atom. The fourth-order valence-electron chi connectivity index (χ4n) is 5.06. The van der Waals surface area contributed by atoms with Crippen molar-refractivity contribution < 1.29 is 45.0 Å². The van der Waals surface area contributed by atoms with Gasteiger partial charge in [-0.05, 0) is 54.4 Å². The molecule has 1 aliphatic heterocycles. The van der Waals surface area contributed by atoms with Gasteiger partial charge < -0.3 is 24.4 Å². The molecule has 1 saturated heterocycles. The summed E-state index contributed by atoms with van der Waals surface area (Å²) in [6.07, 6.45) is 1.52. The van der Waals surface area contributed by atoms with Crippen LogP contribution in [-0.2, 0) is 14.6 Å². The van der Waals surface area contributed by atoms with Crippen molar-refractivity contribution in [1.29, 1.82) is 5.26 Å². The number of benzene rings is 2. The van der Waals surface area contributed by atoms with Crippen LogP contribution < -0.4 is 19.7 Å². The number of pyridine rings is 1. The van der Waals surface area contributed by atoms with Crippen molar-refractivity contribution in [3.05, 3.63) is 78.0 Å². The maximum absolute atomic E-state index is 13.2. The molecular formula is C31H32F4N4O6S. The highest BCUT2D eigenvalue weighted by molar-refractivity contribution is 7.91. The molecule has 0 aliphatic carbocycles. The fourth-order valence-corrected chi connectivity index (χ4v) is 5.94. The van der Waals surface area contributed by atoms with E-state index in [1.54, 1.807) is 43.3 Å². The highest BCUT2D eigenvalue weighted by Crippen LogP contribution is 2.30. The summed E-state index contributed by atoms with van der Waals surface area (Å²) in [6, 6.07) is 16.3. The van der Waals surface area contributed by atoms with Gasteiger partial charge in [-0.1, -0.05) is 19.1 Å². The van der Waals surface area contributed by atoms with Crippen LogP contribution in [0, 0.1) is 11.3 Å². The fraction of sp³-hybridized carbons (Fsp3) is 0.387. The summed E-state index contributed by atoms with van der Waals surface area (Å²) in [5, 5.41) is 12.0. The molecule has 0 unspecified atom stereocenters. The second-order valence-electron chi connectivity index (χ2n) is 10.3. The SMILES string of the molecule is CCS(=O)(=O)c1ccc([C@H](CCC#N)NC(=O)c2ccc(N3C[C@@H](Oc4ccc(OC(F)F)nc4)C[C@H]3COC(F)F)cc2)cc1. The van der Waals surface area contributed by atoms with Gasteiger partial charge in [0, 0.05) is 30.2 Å². The Hall–Kier alpha value is -4.42. The Kier molecular flexibility index (Phi) is 11.8. The molecule has 2 aromatic carbocycles. The van der Waals surface area contributed by atoms with Gasteiger partial charge in [-0.3, -0.25) is 4.79 Å². The van der Waals surface area contributed by atoms with E-state index in [1.165, 1.54) is 30.5 Å². The summed E-state index contributed by atoms with van der Waals surface area (Å²) in [5.74, 6) is -0.470. The van der Waals surface area contributed by atoms with E-state index in [4.69, 9.17) is 10.00 Å². The number of carbonyl (C=O) groups is 1. The van der Waals surface area contributed by atoms with E-state index in [2.05, 4.69) is 25.8 Å². The van der Waals surface area contributed by atoms with Crippen molar-refractivity contribution in [2.24, 2.45) is 0 Å². The molecule has 10 nitrogen and oxygen atoms in total. The molecule has 46 heavy (non-hydrogen) atoms. The van der Waals surface area contributed by atoms with Gasteiger partial charge in [-0.25, -0.2) is 13.4 Å². The summed E-state index contributed by atoms with van der Waals surface area (Å²) >= 11 is 0. The van der Waals surface area contributed by atoms with Gasteiger partial charge in [0.1, 0.15) is 11.9 Å². The molecule has 1 aliphatic rings. The standard InChI is InChI=1S/C31H32F4N4O6S/c1-2-46(41,42)26-12-7-20(8-13-26)27(4-3-15-36)38-29(40)21-5-9-22(10-6-21)39-18-25(16-23(39)19-43-30(32)33)44-24-11-14-28(37-17-24)45-31(34)35/h5-14,17,23,25,27,30-31H,2-4,16,18-19H2,1H3,(H,38,40)/t23-,25-,27-/m0/s1. The highest BCUT2D eigenvalue weighted by atomic mass is 32.2. The Morgan fingerprint density at radius 2 is 1.78 bits per heavy atom. The number of hydrogen-bond acceptors (Lipinski definition) is 9. The number of halogens is 4. The lowest BCUT2D eigenvalue weighted by molar-refractivity contribution is -0.131. The Balaban J connectivity index is 1.45. The number of hydrogen-bond donors (Lipinski definition) is 1. The Labute approximate surface area is 263 Å². The summed E-state index contributed by atoms with van der Waals surface area (Å²) in [4.78, 5) is 19.0. The van der Waals surface area contributed by atoms with Crippen molar-refractivity contribution in [3.8, 4) is 17.7 Å². The number of rotatable bonds is 15. The van der Waals surface area contributed by atoms with Gasteiger partial charge in [0.25, 0.3) is 5.91 Å². The smallest absolute Gasteiger partial charge is 0.388 e. The second kappa shape index (κ2) is 15.7. The van der Waals surface area contributed by atoms with Crippen LogP contribution in [0.3, 0.4) is 0 Å². The van der Waals surface area contributed by atoms with Crippen molar-refractivity contribution >= 4 is 21.4 Å². The predicted molar refractivity (Wildman–Crippen MR) is 159 cm³/mol. The molecule has 4 rings (SSSR count). The number of nitrogens with one attached hydrogen (secondary N) is 1. The highest BCUT2D eigenvalue weighted by Gasteiger charge is 2.34. The maximum Gasteiger partial charge on any atom is 0.388 e. The number of aromatic nitrogens is 1. The van der Waals surface area contributed by atoms with Gasteiger partial charge in [-0.2, -0.15) is 22.8 Å². The normalized spacial score (nSPS) is 17.1. The van der Waals surface area contributed by atoms with E-state index in [1.807, 2.05) is 4.90 Å². The number of carbonyl (C=O) groups excluding carboxylic acids is 1. The van der Waals surface area contributed by atoms with E-state index in [-0.39, 0.29) is 41.9 Å². The molecule has 2 heterocycles. The topological polar surface area (TPSA) is 131 Å². The zero-order valence-electron chi connectivity index (χ0n) is 24.7. The average molecular weight is 665 g/mol. The molecule has 1 aromatic heterocycles. The lowest BCUT2D eigenvalue weighted by atomic mass is 10.0. The first-order valence-corrected chi connectivity index (χ1v) is 16.0. The van der Waals surface area contributed by atoms with Crippen LogP contribution in [0.25, 0.3) is 0 Å². The number of nitriles is 1. The summed E-state index contributed by atoms with van der Waals surface area (Å²) < 4.78 is 89.7. The van der Waals surface area contributed by atoms with E-state index < -0.39 is 47.2 Å². The third-order valence-corrected chi connectivity index (χ3v) is 9.10. The molecular weight excluding hydrogens is 632 g/mol. The monoisotopic (exact) mass is 664 g/mol. The third kappa shape index (κ3) is 9.30. The molecule has 15 heteroatoms. The maximum atomic E-state index is 13.2. The minimum atomic E-state index is -3.40. The summed E-state index contributed by atoms with van der Waals surface area (Å²) in [6.45, 7) is -4.46. The first-order chi connectivity index (χ1) is 22.0. The van der Waals surface area contributed by atoms with Crippen LogP contribution in [0.5, 0.6) is 11.6 Å². The first kappa shape index (κ1) is 34.5.